The van der Waals surface area contributed by atoms with Gasteiger partial charge in [-0.05, 0) is 12.1 Å². The van der Waals surface area contributed by atoms with Crippen LogP contribution in [0.3, 0.4) is 0 Å². The predicted molar refractivity (Wildman–Crippen MR) is 60.1 cm³/mol. The Hall–Kier alpha value is -2.15. The molecule has 0 aromatic heterocycles. The van der Waals surface area contributed by atoms with Crippen LogP contribution in [0.15, 0.2) is 24.3 Å². The first-order valence-corrected chi connectivity index (χ1v) is 5.07. The second-order valence-electron chi connectivity index (χ2n) is 3.30. The van der Waals surface area contributed by atoms with Crippen molar-refractivity contribution in [2.75, 3.05) is 18.4 Å². The third-order valence-electron chi connectivity index (χ3n) is 1.92. The summed E-state index contributed by atoms with van der Waals surface area (Å²) in [7, 11) is 0. The first kappa shape index (κ1) is 12.9. The Bertz CT molecular complexity index is 391. The minimum Gasteiger partial charge on any atom is -0.379 e. The highest BCUT2D eigenvalue weighted by atomic mass is 16.7. The number of benzene rings is 1. The van der Waals surface area contributed by atoms with Crippen LogP contribution in [0.4, 0.5) is 11.4 Å². The Morgan fingerprint density at radius 2 is 2.18 bits per heavy atom. The van der Waals surface area contributed by atoms with Crippen LogP contribution >= 0.6 is 0 Å². The second kappa shape index (κ2) is 6.44. The molecule has 3 N–H and O–H groups in total. The van der Waals surface area contributed by atoms with Crippen LogP contribution in [0.1, 0.15) is 6.92 Å². The zero-order valence-electron chi connectivity index (χ0n) is 9.38. The molecule has 17 heavy (non-hydrogen) atoms. The Kier molecular flexibility index (Phi) is 4.89. The Balaban J connectivity index is 2.27. The van der Waals surface area contributed by atoms with E-state index < -0.39 is 4.92 Å². The third kappa shape index (κ3) is 4.94. The highest BCUT2D eigenvalue weighted by Gasteiger charge is 2.10. The van der Waals surface area contributed by atoms with Crippen LogP contribution in [0, 0.1) is 10.1 Å². The molecule has 0 saturated heterocycles. The number of anilines is 1. The van der Waals surface area contributed by atoms with E-state index in [2.05, 4.69) is 10.2 Å². The molecule has 0 aliphatic carbocycles. The number of hydrogen-bond acceptors (Lipinski definition) is 5. The van der Waals surface area contributed by atoms with E-state index in [-0.39, 0.29) is 11.7 Å². The Morgan fingerprint density at radius 1 is 1.53 bits per heavy atom. The van der Waals surface area contributed by atoms with Gasteiger partial charge in [0.25, 0.3) is 5.69 Å². The smallest absolute Gasteiger partial charge is 0.379 e. The summed E-state index contributed by atoms with van der Waals surface area (Å²) < 4.78 is 0. The molecule has 0 bridgehead atoms. The summed E-state index contributed by atoms with van der Waals surface area (Å²) in [5.74, 6) is -0.347. The van der Waals surface area contributed by atoms with Crippen LogP contribution in [0.5, 0.6) is 0 Å². The highest BCUT2D eigenvalue weighted by Crippen LogP contribution is 2.14. The normalized spacial score (nSPS) is 9.71. The van der Waals surface area contributed by atoms with Crippen LogP contribution in [-0.2, 0) is 9.63 Å². The molecule has 0 unspecified atom stereocenters. The molecule has 7 heteroatoms. The van der Waals surface area contributed by atoms with E-state index in [1.807, 2.05) is 0 Å². The van der Waals surface area contributed by atoms with E-state index in [9.17, 15) is 14.9 Å². The lowest BCUT2D eigenvalue weighted by molar-refractivity contribution is -0.870. The summed E-state index contributed by atoms with van der Waals surface area (Å²) in [5.41, 5.74) is 2.26. The minimum absolute atomic E-state index is 0.0574. The second-order valence-corrected chi connectivity index (χ2v) is 3.30. The molecule has 0 aliphatic heterocycles. The number of hydrogen-bond donors (Lipinski definition) is 2. The van der Waals surface area contributed by atoms with Gasteiger partial charge in [0.15, 0.2) is 0 Å². The molecule has 7 nitrogen and oxygen atoms in total. The number of nitro benzene ring substituents is 1. The number of nitrogens with one attached hydrogen (secondary N) is 1. The van der Waals surface area contributed by atoms with E-state index in [0.29, 0.717) is 13.1 Å². The molecule has 91 valence electrons. The van der Waals surface area contributed by atoms with Gasteiger partial charge in [-0.3, -0.25) is 10.1 Å². The van der Waals surface area contributed by atoms with Gasteiger partial charge in [-0.1, -0.05) is 10.3 Å². The standard InChI is InChI=1S/C10H13N3O4/c1-8(14)17-12-7-6-11-9-2-4-10(5-3-9)13(15)16/h2-5,11-12H,6-7H2,1H3/q+1/p+1. The number of carbonyl (C=O) groups excluding carboxylic acids is 1. The number of quaternary nitrogens is 1. The van der Waals surface area contributed by atoms with E-state index in [1.165, 1.54) is 24.5 Å². The maximum atomic E-state index is 10.4. The Morgan fingerprint density at radius 3 is 2.71 bits per heavy atom. The molecule has 1 rings (SSSR count). The molecule has 0 atom stereocenters. The molecular weight excluding hydrogens is 226 g/mol. The average Bonchev–Trinajstić information content (AvgIpc) is 2.29. The molecule has 1 aromatic carbocycles. The first-order valence-electron chi connectivity index (χ1n) is 5.07. The van der Waals surface area contributed by atoms with Crippen LogP contribution < -0.4 is 10.8 Å². The van der Waals surface area contributed by atoms with E-state index in [1.54, 1.807) is 12.1 Å². The van der Waals surface area contributed by atoms with Crippen LogP contribution in [0.25, 0.3) is 0 Å². The van der Waals surface area contributed by atoms with Gasteiger partial charge in [-0.2, -0.15) is 0 Å². The van der Waals surface area contributed by atoms with Gasteiger partial charge in [0, 0.05) is 17.8 Å². The monoisotopic (exact) mass is 240 g/mol. The van der Waals surface area contributed by atoms with Crippen molar-refractivity contribution in [2.45, 2.75) is 6.92 Å². The lowest BCUT2D eigenvalue weighted by atomic mass is 10.3. The molecule has 0 fully saturated rings. The molecule has 1 aromatic rings. The van der Waals surface area contributed by atoms with Crippen molar-refractivity contribution in [3.8, 4) is 0 Å². The lowest BCUT2D eigenvalue weighted by Crippen LogP contribution is -2.85. The lowest BCUT2D eigenvalue weighted by Gasteiger charge is -2.02. The van der Waals surface area contributed by atoms with Crippen molar-refractivity contribution in [3.63, 3.8) is 0 Å². The van der Waals surface area contributed by atoms with Crippen molar-refractivity contribution in [2.24, 2.45) is 0 Å². The van der Waals surface area contributed by atoms with Gasteiger partial charge in [0.05, 0.1) is 16.3 Å². The number of nitrogens with zero attached hydrogens (tertiary/aromatic N) is 1. The van der Waals surface area contributed by atoms with Gasteiger partial charge in [0.1, 0.15) is 13.5 Å². The number of nitrogens with two attached hydrogens (primary N) is 1. The number of hydroxylamine groups is 1. The molecule has 0 heterocycles. The fraction of sp³-hybridized carbons (Fsp3) is 0.300. The topological polar surface area (TPSA) is 101 Å². The summed E-state index contributed by atoms with van der Waals surface area (Å²) in [6.45, 7) is 2.49. The molecule has 1 radical (unpaired) electrons. The molecular formula is C10H14N3O4+2. The maximum Gasteiger partial charge on any atom is 0.635 e. The first-order chi connectivity index (χ1) is 8.09. The maximum absolute atomic E-state index is 10.4. The summed E-state index contributed by atoms with van der Waals surface area (Å²) in [4.78, 5) is 25.0. The number of carbonyl (C=O) groups is 1. The molecule has 0 saturated carbocycles. The van der Waals surface area contributed by atoms with Crippen molar-refractivity contribution in [3.05, 3.63) is 34.4 Å². The summed E-state index contributed by atoms with van der Waals surface area (Å²) in [5, 5.41) is 13.4. The molecule has 0 spiro atoms. The predicted octanol–water partition coefficient (Wildman–Crippen LogP) is 0.0482. The van der Waals surface area contributed by atoms with Crippen molar-refractivity contribution < 1.29 is 20.0 Å². The SMILES string of the molecule is CC(=[O+])O[NH2+]CCNc1ccc([N+](=O)[O-])cc1. The van der Waals surface area contributed by atoms with Gasteiger partial charge >= 0.3 is 5.97 Å². The third-order valence-corrected chi connectivity index (χ3v) is 1.92. The fourth-order valence-corrected chi connectivity index (χ4v) is 1.15. The van der Waals surface area contributed by atoms with Gasteiger partial charge in [-0.15, -0.1) is 0 Å². The largest absolute Gasteiger partial charge is 0.635 e. The van der Waals surface area contributed by atoms with Crippen LogP contribution in [0.2, 0.25) is 0 Å². The van der Waals surface area contributed by atoms with Crippen molar-refractivity contribution in [1.29, 1.82) is 0 Å². The van der Waals surface area contributed by atoms with Gasteiger partial charge < -0.3 is 5.32 Å². The summed E-state index contributed by atoms with van der Waals surface area (Å²) in [6, 6.07) is 6.12. The summed E-state index contributed by atoms with van der Waals surface area (Å²) >= 11 is 0. The average molecular weight is 240 g/mol. The van der Waals surface area contributed by atoms with E-state index in [0.717, 1.165) is 5.69 Å². The van der Waals surface area contributed by atoms with Gasteiger partial charge in [-0.25, -0.2) is 0 Å². The summed E-state index contributed by atoms with van der Waals surface area (Å²) in [6.07, 6.45) is 0. The zero-order valence-corrected chi connectivity index (χ0v) is 9.38. The van der Waals surface area contributed by atoms with E-state index >= 15 is 0 Å². The Labute approximate surface area is 97.9 Å². The number of non-ortho nitro benzene ring substituents is 1. The van der Waals surface area contributed by atoms with Gasteiger partial charge in [0.2, 0.25) is 0 Å². The van der Waals surface area contributed by atoms with Crippen LogP contribution in [-0.4, -0.2) is 24.0 Å². The fourth-order valence-electron chi connectivity index (χ4n) is 1.15. The quantitative estimate of drug-likeness (QED) is 0.316. The van der Waals surface area contributed by atoms with Crippen molar-refractivity contribution >= 4 is 17.3 Å². The molecule has 0 amide bonds. The highest BCUT2D eigenvalue weighted by molar-refractivity contribution is 5.64. The zero-order chi connectivity index (χ0) is 12.7. The number of rotatable bonds is 6. The van der Waals surface area contributed by atoms with Crippen molar-refractivity contribution in [1.82, 2.24) is 0 Å². The molecule has 0 aliphatic rings. The minimum atomic E-state index is -0.446. The van der Waals surface area contributed by atoms with E-state index in [4.69, 9.17) is 0 Å². The number of nitro groups is 1.